The van der Waals surface area contributed by atoms with Crippen LogP contribution in [0.3, 0.4) is 0 Å². The van der Waals surface area contributed by atoms with Crippen molar-refractivity contribution in [2.45, 2.75) is 149 Å². The summed E-state index contributed by atoms with van der Waals surface area (Å²) >= 11 is 0. The molecule has 0 spiro atoms. The first kappa shape index (κ1) is 37.2. The summed E-state index contributed by atoms with van der Waals surface area (Å²) in [7, 11) is -2.21. The molecule has 0 N–H and O–H groups in total. The van der Waals surface area contributed by atoms with Crippen LogP contribution in [0.5, 0.6) is 5.88 Å². The van der Waals surface area contributed by atoms with E-state index in [1.165, 1.54) is 6.33 Å². The summed E-state index contributed by atoms with van der Waals surface area (Å²) < 4.78 is 40.7. The molecule has 2 aromatic heterocycles. The van der Waals surface area contributed by atoms with E-state index >= 15 is 0 Å². The molecule has 0 saturated carbocycles. The standard InChI is InChI=1S/C37H56N4O7Si/c1-34(2,3)47-32-29-27(38-22-39-32)25(19-40(29)23-43-20-24-17-15-14-16-18-24)28-31-30(45-37(10,11)46-31)26(21-44-49(12,13)36(7,8)9)41(28)33(42)48-35(4,5)6/h14-19,22,26,28,30-31H,20-21,23H2,1-13H3/t26-,28+,30?,31?/m1/s1. The van der Waals surface area contributed by atoms with Crippen LogP contribution in [0.4, 0.5) is 4.79 Å². The topological polar surface area (TPSA) is 106 Å². The molecular formula is C37H56N4O7Si. The molecule has 1 aromatic carbocycles. The summed E-state index contributed by atoms with van der Waals surface area (Å²) in [6.45, 7) is 27.3. The maximum Gasteiger partial charge on any atom is 0.411 e. The molecule has 1 amide bonds. The van der Waals surface area contributed by atoms with Crippen LogP contribution in [0.1, 0.15) is 93.3 Å². The molecule has 12 heteroatoms. The lowest BCUT2D eigenvalue weighted by molar-refractivity contribution is -0.168. The lowest BCUT2D eigenvalue weighted by Crippen LogP contribution is -2.50. The summed E-state index contributed by atoms with van der Waals surface area (Å²) in [5.74, 6) is -0.456. The van der Waals surface area contributed by atoms with E-state index in [-0.39, 0.29) is 18.4 Å². The molecule has 2 fully saturated rings. The molecule has 2 aliphatic heterocycles. The predicted molar refractivity (Wildman–Crippen MR) is 191 cm³/mol. The van der Waals surface area contributed by atoms with Gasteiger partial charge in [-0.1, -0.05) is 51.1 Å². The summed E-state index contributed by atoms with van der Waals surface area (Å²) in [5.41, 5.74) is 1.85. The van der Waals surface area contributed by atoms with Crippen LogP contribution in [0.2, 0.25) is 18.1 Å². The van der Waals surface area contributed by atoms with Crippen LogP contribution in [-0.2, 0) is 36.7 Å². The molecule has 4 atom stereocenters. The Morgan fingerprint density at radius 2 is 1.59 bits per heavy atom. The number of aromatic nitrogens is 3. The zero-order valence-electron chi connectivity index (χ0n) is 31.6. The van der Waals surface area contributed by atoms with Gasteiger partial charge in [0.2, 0.25) is 5.88 Å². The van der Waals surface area contributed by atoms with Gasteiger partial charge in [-0.05, 0) is 79.1 Å². The number of nitrogens with zero attached hydrogens (tertiary/aromatic N) is 4. The Labute approximate surface area is 292 Å². The van der Waals surface area contributed by atoms with Crippen molar-refractivity contribution < 1.29 is 32.9 Å². The summed E-state index contributed by atoms with van der Waals surface area (Å²) in [6.07, 6.45) is 2.01. The van der Waals surface area contributed by atoms with E-state index in [1.54, 1.807) is 4.90 Å². The zero-order valence-corrected chi connectivity index (χ0v) is 32.6. The van der Waals surface area contributed by atoms with Crippen molar-refractivity contribution in [1.29, 1.82) is 0 Å². The number of fused-ring (bicyclic) bond motifs is 2. The van der Waals surface area contributed by atoms with Gasteiger partial charge in [-0.3, -0.25) is 4.90 Å². The highest BCUT2D eigenvalue weighted by molar-refractivity contribution is 6.74. The van der Waals surface area contributed by atoms with Crippen LogP contribution in [0.15, 0.2) is 42.9 Å². The maximum atomic E-state index is 14.4. The van der Waals surface area contributed by atoms with Gasteiger partial charge in [-0.15, -0.1) is 0 Å². The number of ether oxygens (including phenoxy) is 5. The molecule has 2 aliphatic rings. The van der Waals surface area contributed by atoms with Crippen LogP contribution in [-0.4, -0.2) is 75.7 Å². The van der Waals surface area contributed by atoms with E-state index in [1.807, 2.05) is 96.5 Å². The van der Waals surface area contributed by atoms with E-state index in [0.29, 0.717) is 23.5 Å². The molecule has 3 aromatic rings. The lowest BCUT2D eigenvalue weighted by Gasteiger charge is -2.40. The molecule has 0 radical (unpaired) electrons. The number of amides is 1. The van der Waals surface area contributed by atoms with E-state index in [2.05, 4.69) is 38.8 Å². The van der Waals surface area contributed by atoms with Gasteiger partial charge >= 0.3 is 6.09 Å². The number of benzene rings is 1. The number of carbonyl (C=O) groups is 1. The van der Waals surface area contributed by atoms with E-state index in [0.717, 1.165) is 11.1 Å². The Bertz CT molecular complexity index is 1620. The van der Waals surface area contributed by atoms with Gasteiger partial charge in [0.15, 0.2) is 14.1 Å². The van der Waals surface area contributed by atoms with Crippen LogP contribution < -0.4 is 4.74 Å². The monoisotopic (exact) mass is 696 g/mol. The van der Waals surface area contributed by atoms with Crippen LogP contribution >= 0.6 is 0 Å². The van der Waals surface area contributed by atoms with Gasteiger partial charge in [0.1, 0.15) is 47.5 Å². The van der Waals surface area contributed by atoms with Crippen molar-refractivity contribution in [2.24, 2.45) is 0 Å². The van der Waals surface area contributed by atoms with Gasteiger partial charge in [-0.2, -0.15) is 4.98 Å². The second-order valence-electron chi connectivity index (χ2n) is 17.1. The highest BCUT2D eigenvalue weighted by atomic mass is 28.4. The minimum Gasteiger partial charge on any atom is -0.470 e. The second kappa shape index (κ2) is 13.3. The highest BCUT2D eigenvalue weighted by Gasteiger charge is 2.61. The summed E-state index contributed by atoms with van der Waals surface area (Å²) in [6, 6.07) is 8.91. The van der Waals surface area contributed by atoms with Crippen molar-refractivity contribution >= 4 is 25.4 Å². The average Bonchev–Trinajstić information content (AvgIpc) is 3.57. The van der Waals surface area contributed by atoms with Crippen molar-refractivity contribution in [3.8, 4) is 5.88 Å². The maximum absolute atomic E-state index is 14.4. The van der Waals surface area contributed by atoms with Crippen molar-refractivity contribution in [3.05, 3.63) is 54.0 Å². The van der Waals surface area contributed by atoms with Crippen LogP contribution in [0.25, 0.3) is 11.0 Å². The molecule has 2 saturated heterocycles. The van der Waals surface area contributed by atoms with Gasteiger partial charge < -0.3 is 32.7 Å². The Balaban J connectivity index is 1.64. The molecule has 11 nitrogen and oxygen atoms in total. The van der Waals surface area contributed by atoms with E-state index in [9.17, 15) is 4.79 Å². The number of likely N-dealkylation sites (tertiary alicyclic amines) is 1. The fourth-order valence-electron chi connectivity index (χ4n) is 6.10. The Kier molecular flexibility index (Phi) is 10.1. The SMILES string of the molecule is CC(C)(C)OC(=O)N1[C@H](CO[Si](C)(C)C(C)(C)C)C2OC(C)(C)OC2[C@@H]1c1cn(COCc2ccccc2)c2c(OC(C)(C)C)ncnc12. The first-order valence-electron chi connectivity index (χ1n) is 17.2. The minimum atomic E-state index is -2.21. The number of rotatable bonds is 9. The predicted octanol–water partition coefficient (Wildman–Crippen LogP) is 7.99. The first-order valence-corrected chi connectivity index (χ1v) is 20.1. The quantitative estimate of drug-likeness (QED) is 0.206. The van der Waals surface area contributed by atoms with Crippen molar-refractivity contribution in [1.82, 2.24) is 19.4 Å². The molecule has 0 bridgehead atoms. The fourth-order valence-corrected chi connectivity index (χ4v) is 7.12. The first-order chi connectivity index (χ1) is 22.6. The number of carbonyl (C=O) groups excluding carboxylic acids is 1. The average molecular weight is 697 g/mol. The van der Waals surface area contributed by atoms with Crippen molar-refractivity contribution in [3.63, 3.8) is 0 Å². The Hall–Kier alpha value is -3.03. The molecule has 270 valence electrons. The lowest BCUT2D eigenvalue weighted by atomic mass is 10.0. The zero-order chi connectivity index (χ0) is 36.2. The number of hydrogen-bond acceptors (Lipinski definition) is 9. The van der Waals surface area contributed by atoms with Gasteiger partial charge in [0.05, 0.1) is 25.3 Å². The fraction of sp³-hybridized carbons (Fsp3) is 0.649. The molecule has 5 rings (SSSR count). The molecule has 0 aliphatic carbocycles. The normalized spacial score (nSPS) is 22.8. The molecule has 2 unspecified atom stereocenters. The van der Waals surface area contributed by atoms with Crippen LogP contribution in [0, 0.1) is 0 Å². The third-order valence-corrected chi connectivity index (χ3v) is 13.7. The summed E-state index contributed by atoms with van der Waals surface area (Å²) in [5, 5.41) is -0.0268. The Morgan fingerprint density at radius 3 is 2.20 bits per heavy atom. The van der Waals surface area contributed by atoms with Crippen molar-refractivity contribution in [2.75, 3.05) is 6.61 Å². The van der Waals surface area contributed by atoms with Gasteiger partial charge in [-0.25, -0.2) is 9.78 Å². The third kappa shape index (κ3) is 8.31. The van der Waals surface area contributed by atoms with E-state index in [4.69, 9.17) is 33.1 Å². The largest absolute Gasteiger partial charge is 0.470 e. The van der Waals surface area contributed by atoms with Gasteiger partial charge in [0, 0.05) is 11.8 Å². The number of hydrogen-bond donors (Lipinski definition) is 0. The Morgan fingerprint density at radius 1 is 0.939 bits per heavy atom. The third-order valence-electron chi connectivity index (χ3n) is 9.24. The smallest absolute Gasteiger partial charge is 0.411 e. The molecule has 4 heterocycles. The van der Waals surface area contributed by atoms with Gasteiger partial charge in [0.25, 0.3) is 0 Å². The molecule has 49 heavy (non-hydrogen) atoms. The second-order valence-corrected chi connectivity index (χ2v) is 22.0. The molecular weight excluding hydrogens is 641 g/mol. The minimum absolute atomic E-state index is 0.0268. The highest BCUT2D eigenvalue weighted by Crippen LogP contribution is 2.50. The van der Waals surface area contributed by atoms with E-state index < -0.39 is 55.7 Å². The summed E-state index contributed by atoms with van der Waals surface area (Å²) in [4.78, 5) is 25.5.